The van der Waals surface area contributed by atoms with E-state index in [1.165, 1.54) is 12.8 Å². The van der Waals surface area contributed by atoms with Crippen LogP contribution < -0.4 is 0 Å². The van der Waals surface area contributed by atoms with Gasteiger partial charge in [0.1, 0.15) is 0 Å². The molecule has 0 amide bonds. The smallest absolute Gasteiger partial charge is 0.0247 e. The Balaban J connectivity index is 5.46. The van der Waals surface area contributed by atoms with Gasteiger partial charge in [-0.05, 0) is 21.7 Å². The molecule has 0 spiro atoms. The quantitative estimate of drug-likeness (QED) is 0.546. The van der Waals surface area contributed by atoms with Crippen molar-refractivity contribution >= 4 is 0 Å². The minimum atomic E-state index is 0.328. The first-order valence-electron chi connectivity index (χ1n) is 6.87. The molecule has 0 aromatic rings. The fraction of sp³-hybridized carbons (Fsp3) is 1.00. The van der Waals surface area contributed by atoms with E-state index in [0.717, 1.165) is 0 Å². The molecule has 0 aliphatic rings. The van der Waals surface area contributed by atoms with E-state index in [9.17, 15) is 0 Å². The summed E-state index contributed by atoms with van der Waals surface area (Å²) in [5, 5.41) is 0. The lowest BCUT2D eigenvalue weighted by Crippen LogP contribution is -2.51. The van der Waals surface area contributed by atoms with Crippen LogP contribution in [0.3, 0.4) is 0 Å². The summed E-state index contributed by atoms with van der Waals surface area (Å²) in [7, 11) is 0. The zero-order valence-corrected chi connectivity index (χ0v) is 13.4. The van der Waals surface area contributed by atoms with Gasteiger partial charge < -0.3 is 0 Å². The van der Waals surface area contributed by atoms with Crippen LogP contribution in [0, 0.1) is 21.7 Å². The lowest BCUT2D eigenvalue weighted by molar-refractivity contribution is -0.0968. The maximum absolute atomic E-state index is 2.45. The topological polar surface area (TPSA) is 0 Å². The van der Waals surface area contributed by atoms with Crippen molar-refractivity contribution in [2.75, 3.05) is 0 Å². The molecule has 0 rings (SSSR count). The average molecular weight is 226 g/mol. The summed E-state index contributed by atoms with van der Waals surface area (Å²) >= 11 is 0. The molecule has 0 heteroatoms. The SMILES string of the molecule is CCC(C)(C)C(C)(C)C(C)(C)C(C)(C)CC. The summed E-state index contributed by atoms with van der Waals surface area (Å²) in [5.41, 5.74) is 1.41. The van der Waals surface area contributed by atoms with Gasteiger partial charge in [-0.2, -0.15) is 0 Å². The van der Waals surface area contributed by atoms with Crippen molar-refractivity contribution in [2.45, 2.75) is 82.1 Å². The van der Waals surface area contributed by atoms with Crippen LogP contribution in [0.25, 0.3) is 0 Å². The van der Waals surface area contributed by atoms with Crippen LogP contribution in [0.4, 0.5) is 0 Å². The van der Waals surface area contributed by atoms with Crippen molar-refractivity contribution in [3.8, 4) is 0 Å². The summed E-state index contributed by atoms with van der Waals surface area (Å²) < 4.78 is 0. The molecule has 0 saturated carbocycles. The largest absolute Gasteiger partial charge is 0.0649 e. The van der Waals surface area contributed by atoms with Crippen LogP contribution in [0.2, 0.25) is 0 Å². The molecule has 0 fully saturated rings. The predicted octanol–water partition coefficient (Wildman–Crippen LogP) is 5.91. The van der Waals surface area contributed by atoms with Gasteiger partial charge in [0.15, 0.2) is 0 Å². The second-order valence-electron chi connectivity index (χ2n) is 7.72. The van der Waals surface area contributed by atoms with Crippen LogP contribution in [0.1, 0.15) is 82.1 Å². The highest BCUT2D eigenvalue weighted by atomic mass is 14.6. The molecule has 0 bridgehead atoms. The second-order valence-corrected chi connectivity index (χ2v) is 7.72. The Morgan fingerprint density at radius 2 is 0.688 bits per heavy atom. The van der Waals surface area contributed by atoms with Crippen molar-refractivity contribution in [1.82, 2.24) is 0 Å². The number of rotatable bonds is 5. The molecular formula is C16H34. The van der Waals surface area contributed by atoms with E-state index < -0.39 is 0 Å². The standard InChI is InChI=1S/C16H34/c1-11-13(3,4)15(7,8)16(9,10)14(5,6)12-2/h11-12H2,1-10H3. The Bertz CT molecular complexity index is 202. The van der Waals surface area contributed by atoms with Gasteiger partial charge in [0, 0.05) is 0 Å². The summed E-state index contributed by atoms with van der Waals surface area (Å²) in [6.07, 6.45) is 2.48. The van der Waals surface area contributed by atoms with Gasteiger partial charge in [0.25, 0.3) is 0 Å². The van der Waals surface area contributed by atoms with E-state index >= 15 is 0 Å². The van der Waals surface area contributed by atoms with Crippen LogP contribution >= 0.6 is 0 Å². The van der Waals surface area contributed by atoms with Crippen molar-refractivity contribution in [3.05, 3.63) is 0 Å². The minimum Gasteiger partial charge on any atom is -0.0649 e. The van der Waals surface area contributed by atoms with Crippen LogP contribution in [0.5, 0.6) is 0 Å². The first-order chi connectivity index (χ1) is 6.87. The lowest BCUT2D eigenvalue weighted by Gasteiger charge is -2.58. The monoisotopic (exact) mass is 226 g/mol. The fourth-order valence-electron chi connectivity index (χ4n) is 2.58. The molecule has 0 saturated heterocycles. The summed E-state index contributed by atoms with van der Waals surface area (Å²) in [4.78, 5) is 0. The van der Waals surface area contributed by atoms with Gasteiger partial charge in [0.2, 0.25) is 0 Å². The van der Waals surface area contributed by atoms with Crippen LogP contribution in [-0.4, -0.2) is 0 Å². The van der Waals surface area contributed by atoms with E-state index in [-0.39, 0.29) is 0 Å². The van der Waals surface area contributed by atoms with Gasteiger partial charge in [0.05, 0.1) is 0 Å². The molecule has 16 heavy (non-hydrogen) atoms. The molecule has 0 heterocycles. The zero-order valence-electron chi connectivity index (χ0n) is 13.4. The molecule has 0 aromatic heterocycles. The Morgan fingerprint density at radius 1 is 0.500 bits per heavy atom. The highest BCUT2D eigenvalue weighted by Crippen LogP contribution is 2.60. The molecule has 0 aliphatic heterocycles. The minimum absolute atomic E-state index is 0.328. The van der Waals surface area contributed by atoms with Gasteiger partial charge in [-0.15, -0.1) is 0 Å². The molecule has 0 atom stereocenters. The van der Waals surface area contributed by atoms with E-state index in [2.05, 4.69) is 69.2 Å². The first-order valence-corrected chi connectivity index (χ1v) is 6.87. The van der Waals surface area contributed by atoms with Crippen LogP contribution in [-0.2, 0) is 0 Å². The maximum atomic E-state index is 2.45. The summed E-state index contributed by atoms with van der Waals surface area (Å²) in [5.74, 6) is 0. The zero-order chi connectivity index (χ0) is 13.4. The van der Waals surface area contributed by atoms with Crippen molar-refractivity contribution in [2.24, 2.45) is 21.7 Å². The molecule has 0 aliphatic carbocycles. The number of hydrogen-bond acceptors (Lipinski definition) is 0. The highest BCUT2D eigenvalue weighted by molar-refractivity contribution is 5.01. The molecule has 0 N–H and O–H groups in total. The molecule has 0 nitrogen and oxygen atoms in total. The average Bonchev–Trinajstić information content (AvgIpc) is 2.16. The lowest BCUT2D eigenvalue weighted by atomic mass is 9.46. The molecule has 98 valence electrons. The Labute approximate surface area is 104 Å². The Hall–Kier alpha value is 0. The molecular weight excluding hydrogens is 192 g/mol. The summed E-state index contributed by atoms with van der Waals surface area (Å²) in [6, 6.07) is 0. The molecule has 0 aromatic carbocycles. The van der Waals surface area contributed by atoms with E-state index in [4.69, 9.17) is 0 Å². The van der Waals surface area contributed by atoms with Gasteiger partial charge in [-0.1, -0.05) is 82.1 Å². The Morgan fingerprint density at radius 3 is 0.812 bits per heavy atom. The van der Waals surface area contributed by atoms with Gasteiger partial charge in [-0.25, -0.2) is 0 Å². The fourth-order valence-corrected chi connectivity index (χ4v) is 2.58. The predicted molar refractivity (Wildman–Crippen MR) is 75.7 cm³/mol. The molecule has 0 unspecified atom stereocenters. The van der Waals surface area contributed by atoms with Crippen molar-refractivity contribution < 1.29 is 0 Å². The van der Waals surface area contributed by atoms with Gasteiger partial charge in [-0.3, -0.25) is 0 Å². The normalized spacial score (nSPS) is 15.4. The molecule has 0 radical (unpaired) electrons. The third-order valence-corrected chi connectivity index (χ3v) is 6.71. The van der Waals surface area contributed by atoms with E-state index in [1.807, 2.05) is 0 Å². The third-order valence-electron chi connectivity index (χ3n) is 6.71. The second kappa shape index (κ2) is 4.35. The van der Waals surface area contributed by atoms with Gasteiger partial charge >= 0.3 is 0 Å². The first kappa shape index (κ1) is 16.0. The van der Waals surface area contributed by atoms with E-state index in [0.29, 0.717) is 21.7 Å². The highest BCUT2D eigenvalue weighted by Gasteiger charge is 2.52. The third kappa shape index (κ3) is 2.17. The van der Waals surface area contributed by atoms with E-state index in [1.54, 1.807) is 0 Å². The van der Waals surface area contributed by atoms with Crippen LogP contribution in [0.15, 0.2) is 0 Å². The Kier molecular flexibility index (Phi) is 4.35. The number of hydrogen-bond donors (Lipinski definition) is 0. The van der Waals surface area contributed by atoms with Crippen molar-refractivity contribution in [3.63, 3.8) is 0 Å². The maximum Gasteiger partial charge on any atom is -0.0247 e. The van der Waals surface area contributed by atoms with Crippen molar-refractivity contribution in [1.29, 1.82) is 0 Å². The summed E-state index contributed by atoms with van der Waals surface area (Å²) in [6.45, 7) is 24.1.